The van der Waals surface area contributed by atoms with Crippen LogP contribution in [0.15, 0.2) is 0 Å². The van der Waals surface area contributed by atoms with E-state index in [-0.39, 0.29) is 0 Å². The van der Waals surface area contributed by atoms with Crippen molar-refractivity contribution in [2.45, 2.75) is 45.7 Å². The molecule has 0 aromatic carbocycles. The van der Waals surface area contributed by atoms with Gasteiger partial charge in [-0.3, -0.25) is 4.68 Å². The summed E-state index contributed by atoms with van der Waals surface area (Å²) in [5.41, 5.74) is 2.07. The predicted molar refractivity (Wildman–Crippen MR) is 77.7 cm³/mol. The first-order chi connectivity index (χ1) is 9.17. The van der Waals surface area contributed by atoms with Crippen molar-refractivity contribution < 1.29 is 4.74 Å². The van der Waals surface area contributed by atoms with Gasteiger partial charge < -0.3 is 10.1 Å². The molecule has 108 valence electrons. The molecule has 2 rings (SSSR count). The Kier molecular flexibility index (Phi) is 5.25. The standard InChI is InChI=1S/C14H24ClN3O/c1-4-18-13(14(15)10(2)17-18)8-12(16-3)11-6-5-7-19-9-11/h11-12,16H,4-9H2,1-3H3. The van der Waals surface area contributed by atoms with Crippen LogP contribution in [0.2, 0.25) is 5.02 Å². The summed E-state index contributed by atoms with van der Waals surface area (Å²) in [5, 5.41) is 8.73. The number of hydrogen-bond acceptors (Lipinski definition) is 3. The minimum absolute atomic E-state index is 0.402. The Morgan fingerprint density at radius 2 is 2.37 bits per heavy atom. The lowest BCUT2D eigenvalue weighted by molar-refractivity contribution is 0.0402. The van der Waals surface area contributed by atoms with E-state index < -0.39 is 0 Å². The summed E-state index contributed by atoms with van der Waals surface area (Å²) in [6, 6.07) is 0.402. The van der Waals surface area contributed by atoms with Gasteiger partial charge in [0.25, 0.3) is 0 Å². The molecule has 2 heterocycles. The van der Waals surface area contributed by atoms with Crippen molar-refractivity contribution in [2.75, 3.05) is 20.3 Å². The van der Waals surface area contributed by atoms with Crippen LogP contribution in [0.3, 0.4) is 0 Å². The Bertz CT molecular complexity index is 413. The Hall–Kier alpha value is -0.580. The lowest BCUT2D eigenvalue weighted by Gasteiger charge is -2.30. The normalized spacial score (nSPS) is 21.6. The predicted octanol–water partition coefficient (Wildman–Crippen LogP) is 2.42. The molecule has 0 radical (unpaired) electrons. The van der Waals surface area contributed by atoms with Crippen molar-refractivity contribution in [3.05, 3.63) is 16.4 Å². The van der Waals surface area contributed by atoms with Crippen LogP contribution in [0.1, 0.15) is 31.2 Å². The largest absolute Gasteiger partial charge is 0.381 e. The summed E-state index contributed by atoms with van der Waals surface area (Å²) >= 11 is 6.39. The maximum absolute atomic E-state index is 6.39. The second-order valence-electron chi connectivity index (χ2n) is 5.24. The minimum Gasteiger partial charge on any atom is -0.381 e. The molecule has 0 aliphatic carbocycles. The number of nitrogens with one attached hydrogen (secondary N) is 1. The van der Waals surface area contributed by atoms with E-state index in [1.807, 2.05) is 18.7 Å². The average molecular weight is 286 g/mol. The van der Waals surface area contributed by atoms with Gasteiger partial charge in [0.05, 0.1) is 23.0 Å². The van der Waals surface area contributed by atoms with Crippen molar-refractivity contribution in [2.24, 2.45) is 5.92 Å². The fourth-order valence-electron chi connectivity index (χ4n) is 2.86. The van der Waals surface area contributed by atoms with E-state index in [9.17, 15) is 0 Å². The highest BCUT2D eigenvalue weighted by atomic mass is 35.5. The van der Waals surface area contributed by atoms with Gasteiger partial charge in [0.15, 0.2) is 0 Å². The Morgan fingerprint density at radius 3 is 2.95 bits per heavy atom. The molecule has 1 aromatic heterocycles. The monoisotopic (exact) mass is 285 g/mol. The van der Waals surface area contributed by atoms with E-state index in [4.69, 9.17) is 16.3 Å². The van der Waals surface area contributed by atoms with Gasteiger partial charge >= 0.3 is 0 Å². The van der Waals surface area contributed by atoms with E-state index in [1.165, 1.54) is 6.42 Å². The molecule has 0 saturated carbocycles. The molecule has 1 aliphatic rings. The molecule has 4 nitrogen and oxygen atoms in total. The van der Waals surface area contributed by atoms with Crippen LogP contribution in [0.4, 0.5) is 0 Å². The number of nitrogens with zero attached hydrogens (tertiary/aromatic N) is 2. The Labute approximate surface area is 120 Å². The van der Waals surface area contributed by atoms with Crippen LogP contribution in [0.5, 0.6) is 0 Å². The highest BCUT2D eigenvalue weighted by Crippen LogP contribution is 2.25. The average Bonchev–Trinajstić information content (AvgIpc) is 2.72. The number of hydrogen-bond donors (Lipinski definition) is 1. The SMILES string of the molecule is CCn1nc(C)c(Cl)c1CC(NC)C1CCCOC1. The number of rotatable bonds is 5. The molecule has 1 N–H and O–H groups in total. The van der Waals surface area contributed by atoms with Gasteiger partial charge in [0.1, 0.15) is 0 Å². The molecule has 1 fully saturated rings. The molecule has 19 heavy (non-hydrogen) atoms. The third-order valence-electron chi connectivity index (χ3n) is 4.00. The van der Waals surface area contributed by atoms with Gasteiger partial charge in [0.2, 0.25) is 0 Å². The van der Waals surface area contributed by atoms with E-state index in [0.717, 1.165) is 49.0 Å². The third kappa shape index (κ3) is 3.30. The summed E-state index contributed by atoms with van der Waals surface area (Å²) < 4.78 is 7.62. The van der Waals surface area contributed by atoms with E-state index >= 15 is 0 Å². The van der Waals surface area contributed by atoms with Crippen LogP contribution in [0, 0.1) is 12.8 Å². The number of likely N-dealkylation sites (N-methyl/N-ethyl adjacent to an activating group) is 1. The topological polar surface area (TPSA) is 39.1 Å². The lowest BCUT2D eigenvalue weighted by Crippen LogP contribution is -2.40. The van der Waals surface area contributed by atoms with E-state index in [1.54, 1.807) is 0 Å². The fourth-order valence-corrected chi connectivity index (χ4v) is 3.07. The third-order valence-corrected chi connectivity index (χ3v) is 4.49. The highest BCUT2D eigenvalue weighted by Gasteiger charge is 2.25. The van der Waals surface area contributed by atoms with Gasteiger partial charge in [-0.25, -0.2) is 0 Å². The first-order valence-electron chi connectivity index (χ1n) is 7.14. The van der Waals surface area contributed by atoms with Crippen LogP contribution in [-0.2, 0) is 17.7 Å². The number of ether oxygens (including phenoxy) is 1. The van der Waals surface area contributed by atoms with Crippen molar-refractivity contribution >= 4 is 11.6 Å². The number of halogens is 1. The molecule has 0 amide bonds. The number of aryl methyl sites for hydroxylation is 2. The number of aromatic nitrogens is 2. The Morgan fingerprint density at radius 1 is 1.58 bits per heavy atom. The zero-order valence-electron chi connectivity index (χ0n) is 12.1. The fraction of sp³-hybridized carbons (Fsp3) is 0.786. The van der Waals surface area contributed by atoms with Gasteiger partial charge in [-0.05, 0) is 39.7 Å². The second-order valence-corrected chi connectivity index (χ2v) is 5.62. The van der Waals surface area contributed by atoms with Crippen LogP contribution in [0.25, 0.3) is 0 Å². The van der Waals surface area contributed by atoms with Gasteiger partial charge in [-0.15, -0.1) is 0 Å². The zero-order valence-corrected chi connectivity index (χ0v) is 12.8. The van der Waals surface area contributed by atoms with Gasteiger partial charge in [-0.1, -0.05) is 11.6 Å². The molecule has 5 heteroatoms. The first kappa shape index (κ1) is 14.8. The molecule has 1 aromatic rings. The van der Waals surface area contributed by atoms with Crippen LogP contribution in [-0.4, -0.2) is 36.1 Å². The Balaban J connectivity index is 2.13. The molecule has 2 atom stereocenters. The lowest BCUT2D eigenvalue weighted by atomic mass is 9.90. The molecular weight excluding hydrogens is 262 g/mol. The maximum atomic E-state index is 6.39. The summed E-state index contributed by atoms with van der Waals surface area (Å²) in [5.74, 6) is 0.565. The molecule has 0 spiro atoms. The van der Waals surface area contributed by atoms with E-state index in [0.29, 0.717) is 12.0 Å². The van der Waals surface area contributed by atoms with Crippen molar-refractivity contribution in [1.29, 1.82) is 0 Å². The molecular formula is C14H24ClN3O. The summed E-state index contributed by atoms with van der Waals surface area (Å²) in [6.07, 6.45) is 3.29. The quantitative estimate of drug-likeness (QED) is 0.903. The van der Waals surface area contributed by atoms with Crippen molar-refractivity contribution in [3.8, 4) is 0 Å². The summed E-state index contributed by atoms with van der Waals surface area (Å²) in [4.78, 5) is 0. The summed E-state index contributed by atoms with van der Waals surface area (Å²) in [7, 11) is 2.02. The maximum Gasteiger partial charge on any atom is 0.0847 e. The molecule has 2 unspecified atom stereocenters. The van der Waals surface area contributed by atoms with Gasteiger partial charge in [-0.2, -0.15) is 5.10 Å². The van der Waals surface area contributed by atoms with Gasteiger partial charge in [0, 0.05) is 25.6 Å². The second kappa shape index (κ2) is 6.73. The van der Waals surface area contributed by atoms with E-state index in [2.05, 4.69) is 17.3 Å². The molecule has 1 saturated heterocycles. The zero-order chi connectivity index (χ0) is 13.8. The van der Waals surface area contributed by atoms with Crippen LogP contribution >= 0.6 is 11.6 Å². The first-order valence-corrected chi connectivity index (χ1v) is 7.52. The smallest absolute Gasteiger partial charge is 0.0847 e. The van der Waals surface area contributed by atoms with Crippen molar-refractivity contribution in [1.82, 2.24) is 15.1 Å². The van der Waals surface area contributed by atoms with Crippen LogP contribution < -0.4 is 5.32 Å². The summed E-state index contributed by atoms with van der Waals surface area (Å²) in [6.45, 7) is 6.68. The van der Waals surface area contributed by atoms with Crippen molar-refractivity contribution in [3.63, 3.8) is 0 Å². The molecule has 0 bridgehead atoms. The minimum atomic E-state index is 0.402. The molecule has 1 aliphatic heterocycles. The highest BCUT2D eigenvalue weighted by molar-refractivity contribution is 6.31.